The van der Waals surface area contributed by atoms with Crippen molar-refractivity contribution in [1.82, 2.24) is 0 Å². The largest absolute Gasteiger partial charge is 0.235 e. The topological polar surface area (TPSA) is 29.4 Å². The number of aryl methyl sites for hydroxylation is 1. The van der Waals surface area contributed by atoms with Gasteiger partial charge in [0.1, 0.15) is 0 Å². The Morgan fingerprint density at radius 2 is 2.13 bits per heavy atom. The van der Waals surface area contributed by atoms with Crippen molar-refractivity contribution in [2.24, 2.45) is 4.99 Å². The fraction of sp³-hybridized carbons (Fsp3) is 0.308. The summed E-state index contributed by atoms with van der Waals surface area (Å²) in [5.41, 5.74) is 5.60. The van der Waals surface area contributed by atoms with Crippen LogP contribution in [0.3, 0.4) is 0 Å². The first-order valence-corrected chi connectivity index (χ1v) is 4.86. The van der Waals surface area contributed by atoms with E-state index in [1.807, 2.05) is 19.1 Å². The molecule has 2 heteroatoms. The van der Waals surface area contributed by atoms with Gasteiger partial charge < -0.3 is 0 Å². The maximum absolute atomic E-state index is 10.1. The van der Waals surface area contributed by atoms with Crippen molar-refractivity contribution in [3.05, 3.63) is 41.0 Å². The molecule has 0 atom stereocenters. The molecule has 0 aliphatic carbocycles. The second kappa shape index (κ2) is 4.72. The zero-order valence-electron chi connectivity index (χ0n) is 9.42. The van der Waals surface area contributed by atoms with Gasteiger partial charge in [-0.2, -0.15) is 0 Å². The van der Waals surface area contributed by atoms with Gasteiger partial charge in [-0.25, -0.2) is 9.79 Å². The molecule has 0 saturated carbocycles. The third-order valence-electron chi connectivity index (χ3n) is 2.56. The molecule has 0 unspecified atom stereocenters. The van der Waals surface area contributed by atoms with Crippen LogP contribution in [-0.4, -0.2) is 6.08 Å². The van der Waals surface area contributed by atoms with E-state index in [0.717, 1.165) is 16.7 Å². The van der Waals surface area contributed by atoms with Crippen LogP contribution in [0.15, 0.2) is 23.7 Å². The SMILES string of the molecule is C=C(C)c1c(CN=C=O)ccc(C)c1C. The quantitative estimate of drug-likeness (QED) is 0.545. The van der Waals surface area contributed by atoms with Gasteiger partial charge in [-0.15, -0.1) is 0 Å². The molecular formula is C13H15NO. The van der Waals surface area contributed by atoms with Gasteiger partial charge in [0.05, 0.1) is 6.54 Å². The molecule has 0 aliphatic heterocycles. The monoisotopic (exact) mass is 201 g/mol. The smallest absolute Gasteiger partial charge is 0.211 e. The number of aliphatic imine (C=N–C) groups is 1. The normalized spacial score (nSPS) is 9.53. The number of isocyanates is 1. The maximum Gasteiger partial charge on any atom is 0.235 e. The first kappa shape index (κ1) is 11.4. The van der Waals surface area contributed by atoms with E-state index < -0.39 is 0 Å². The van der Waals surface area contributed by atoms with E-state index in [2.05, 4.69) is 25.4 Å². The lowest BCUT2D eigenvalue weighted by Crippen LogP contribution is -1.96. The highest BCUT2D eigenvalue weighted by molar-refractivity contribution is 5.68. The maximum atomic E-state index is 10.1. The number of carbonyl (C=O) groups excluding carboxylic acids is 1. The third-order valence-corrected chi connectivity index (χ3v) is 2.56. The lowest BCUT2D eigenvalue weighted by atomic mass is 9.93. The standard InChI is InChI=1S/C13H15NO/c1-9(2)13-11(4)10(3)5-6-12(13)7-14-8-15/h5-6H,1,7H2,2-4H3. The highest BCUT2D eigenvalue weighted by Gasteiger charge is 2.07. The molecule has 0 spiro atoms. The van der Waals surface area contributed by atoms with Gasteiger partial charge in [0, 0.05) is 0 Å². The average Bonchev–Trinajstić information content (AvgIpc) is 2.19. The minimum absolute atomic E-state index is 0.382. The molecule has 0 bridgehead atoms. The van der Waals surface area contributed by atoms with Crippen molar-refractivity contribution < 1.29 is 4.79 Å². The molecule has 0 amide bonds. The van der Waals surface area contributed by atoms with Crippen LogP contribution in [0.5, 0.6) is 0 Å². The summed E-state index contributed by atoms with van der Waals surface area (Å²) >= 11 is 0. The van der Waals surface area contributed by atoms with Crippen molar-refractivity contribution >= 4 is 11.7 Å². The van der Waals surface area contributed by atoms with E-state index in [-0.39, 0.29) is 0 Å². The summed E-state index contributed by atoms with van der Waals surface area (Å²) in [5.74, 6) is 0. The van der Waals surface area contributed by atoms with E-state index in [1.165, 1.54) is 11.1 Å². The molecule has 1 aromatic carbocycles. The van der Waals surface area contributed by atoms with E-state index >= 15 is 0 Å². The molecule has 0 fully saturated rings. The molecule has 2 nitrogen and oxygen atoms in total. The molecule has 1 rings (SSSR count). The fourth-order valence-corrected chi connectivity index (χ4v) is 1.72. The number of hydrogen-bond acceptors (Lipinski definition) is 2. The van der Waals surface area contributed by atoms with E-state index in [9.17, 15) is 4.79 Å². The summed E-state index contributed by atoms with van der Waals surface area (Å²) in [6, 6.07) is 4.03. The molecule has 0 aliphatic rings. The van der Waals surface area contributed by atoms with Gasteiger partial charge in [0.2, 0.25) is 6.08 Å². The Bertz CT molecular complexity index is 440. The van der Waals surface area contributed by atoms with Crippen molar-refractivity contribution in [1.29, 1.82) is 0 Å². The Morgan fingerprint density at radius 3 is 2.67 bits per heavy atom. The molecule has 0 heterocycles. The van der Waals surface area contributed by atoms with Crippen molar-refractivity contribution in [3.63, 3.8) is 0 Å². The lowest BCUT2D eigenvalue weighted by molar-refractivity contribution is 0.562. The van der Waals surface area contributed by atoms with Crippen LogP contribution >= 0.6 is 0 Å². The molecule has 0 N–H and O–H groups in total. The summed E-state index contributed by atoms with van der Waals surface area (Å²) < 4.78 is 0. The number of rotatable bonds is 3. The van der Waals surface area contributed by atoms with Crippen LogP contribution in [-0.2, 0) is 11.3 Å². The van der Waals surface area contributed by atoms with Gasteiger partial charge in [-0.3, -0.25) is 0 Å². The second-order valence-electron chi connectivity index (χ2n) is 3.73. The first-order chi connectivity index (χ1) is 7.07. The van der Waals surface area contributed by atoms with E-state index in [0.29, 0.717) is 6.54 Å². The summed E-state index contributed by atoms with van der Waals surface area (Å²) in [4.78, 5) is 13.7. The van der Waals surface area contributed by atoms with Crippen LogP contribution in [0.2, 0.25) is 0 Å². The highest BCUT2D eigenvalue weighted by atomic mass is 16.1. The van der Waals surface area contributed by atoms with E-state index in [4.69, 9.17) is 0 Å². The number of nitrogens with zero attached hydrogens (tertiary/aromatic N) is 1. The number of benzene rings is 1. The van der Waals surface area contributed by atoms with Gasteiger partial charge in [0.25, 0.3) is 0 Å². The minimum atomic E-state index is 0.382. The van der Waals surface area contributed by atoms with Crippen LogP contribution < -0.4 is 0 Å². The Balaban J connectivity index is 3.32. The molecular weight excluding hydrogens is 186 g/mol. The third kappa shape index (κ3) is 2.42. The van der Waals surface area contributed by atoms with Crippen molar-refractivity contribution in [2.45, 2.75) is 27.3 Å². The summed E-state index contributed by atoms with van der Waals surface area (Å²) in [7, 11) is 0. The van der Waals surface area contributed by atoms with Crippen LogP contribution in [0.4, 0.5) is 0 Å². The van der Waals surface area contributed by atoms with Crippen LogP contribution in [0.1, 0.15) is 29.2 Å². The average molecular weight is 201 g/mol. The van der Waals surface area contributed by atoms with Crippen molar-refractivity contribution in [2.75, 3.05) is 0 Å². The van der Waals surface area contributed by atoms with Gasteiger partial charge in [-0.1, -0.05) is 24.3 Å². The predicted octanol–water partition coefficient (Wildman–Crippen LogP) is 3.17. The molecule has 15 heavy (non-hydrogen) atoms. The van der Waals surface area contributed by atoms with E-state index in [1.54, 1.807) is 6.08 Å². The zero-order chi connectivity index (χ0) is 11.4. The molecule has 0 radical (unpaired) electrons. The van der Waals surface area contributed by atoms with Crippen molar-refractivity contribution in [3.8, 4) is 0 Å². The minimum Gasteiger partial charge on any atom is -0.211 e. The summed E-state index contributed by atoms with van der Waals surface area (Å²) in [6.45, 7) is 10.4. The molecule has 0 aromatic heterocycles. The number of hydrogen-bond donors (Lipinski definition) is 0. The Kier molecular flexibility index (Phi) is 3.59. The molecule has 1 aromatic rings. The van der Waals surface area contributed by atoms with Gasteiger partial charge in [-0.05, 0) is 43.0 Å². The second-order valence-corrected chi connectivity index (χ2v) is 3.73. The predicted molar refractivity (Wildman–Crippen MR) is 62.4 cm³/mol. The number of allylic oxidation sites excluding steroid dienone is 1. The molecule has 0 saturated heterocycles. The fourth-order valence-electron chi connectivity index (χ4n) is 1.72. The first-order valence-electron chi connectivity index (χ1n) is 4.86. The summed E-state index contributed by atoms with van der Waals surface area (Å²) in [6.07, 6.45) is 1.56. The molecule has 78 valence electrons. The Labute approximate surface area is 90.4 Å². The van der Waals surface area contributed by atoms with Crippen LogP contribution in [0.25, 0.3) is 5.57 Å². The highest BCUT2D eigenvalue weighted by Crippen LogP contribution is 2.25. The van der Waals surface area contributed by atoms with Gasteiger partial charge >= 0.3 is 0 Å². The van der Waals surface area contributed by atoms with Crippen LogP contribution in [0, 0.1) is 13.8 Å². The lowest BCUT2D eigenvalue weighted by Gasteiger charge is -2.13. The Hall–Kier alpha value is -1.66. The van der Waals surface area contributed by atoms with Gasteiger partial charge in [0.15, 0.2) is 0 Å². The Morgan fingerprint density at radius 1 is 1.47 bits per heavy atom. The summed E-state index contributed by atoms with van der Waals surface area (Å²) in [5, 5.41) is 0. The zero-order valence-corrected chi connectivity index (χ0v) is 9.42.